The standard InChI is InChI=1S/C12H11ClFNO/c1-15-12(9-4-5-16-7-9)8-2-3-11(14)10(13)6-8/h2-7,12,15H,1H3. The Morgan fingerprint density at radius 3 is 2.69 bits per heavy atom. The molecule has 84 valence electrons. The van der Waals surface area contributed by atoms with Crippen LogP contribution < -0.4 is 5.32 Å². The number of hydrogen-bond acceptors (Lipinski definition) is 2. The zero-order valence-corrected chi connectivity index (χ0v) is 9.46. The minimum Gasteiger partial charge on any atom is -0.472 e. The second-order valence-corrected chi connectivity index (χ2v) is 3.86. The number of benzene rings is 1. The highest BCUT2D eigenvalue weighted by Gasteiger charge is 2.14. The smallest absolute Gasteiger partial charge is 0.141 e. The first-order valence-electron chi connectivity index (χ1n) is 4.86. The van der Waals surface area contributed by atoms with Gasteiger partial charge in [0.25, 0.3) is 0 Å². The Hall–Kier alpha value is -1.32. The molecule has 1 aromatic heterocycles. The van der Waals surface area contributed by atoms with E-state index < -0.39 is 5.82 Å². The van der Waals surface area contributed by atoms with Gasteiger partial charge in [-0.25, -0.2) is 4.39 Å². The zero-order valence-electron chi connectivity index (χ0n) is 8.71. The van der Waals surface area contributed by atoms with Crippen molar-refractivity contribution >= 4 is 11.6 Å². The van der Waals surface area contributed by atoms with Gasteiger partial charge in [0, 0.05) is 5.56 Å². The normalized spacial score (nSPS) is 12.7. The molecule has 0 amide bonds. The van der Waals surface area contributed by atoms with Crippen molar-refractivity contribution in [1.82, 2.24) is 5.32 Å². The Balaban J connectivity index is 2.37. The molecule has 0 saturated carbocycles. The summed E-state index contributed by atoms with van der Waals surface area (Å²) < 4.78 is 18.1. The van der Waals surface area contributed by atoms with Crippen molar-refractivity contribution in [3.8, 4) is 0 Å². The predicted molar refractivity (Wildman–Crippen MR) is 61.0 cm³/mol. The van der Waals surface area contributed by atoms with E-state index in [9.17, 15) is 4.39 Å². The van der Waals surface area contributed by atoms with Crippen molar-refractivity contribution < 1.29 is 8.81 Å². The molecule has 2 nitrogen and oxygen atoms in total. The molecule has 2 aromatic rings. The van der Waals surface area contributed by atoms with Gasteiger partial charge in [-0.3, -0.25) is 0 Å². The highest BCUT2D eigenvalue weighted by atomic mass is 35.5. The van der Waals surface area contributed by atoms with Crippen molar-refractivity contribution in [2.75, 3.05) is 7.05 Å². The summed E-state index contributed by atoms with van der Waals surface area (Å²) in [4.78, 5) is 0. The molecule has 0 spiro atoms. The Bertz CT molecular complexity index is 470. The average molecular weight is 240 g/mol. The molecule has 0 aliphatic rings. The third kappa shape index (κ3) is 2.10. The van der Waals surface area contributed by atoms with Crippen LogP contribution in [0, 0.1) is 5.82 Å². The molecule has 1 unspecified atom stereocenters. The van der Waals surface area contributed by atoms with Crippen LogP contribution in [0.5, 0.6) is 0 Å². The Labute approximate surface area is 98.0 Å². The fourth-order valence-corrected chi connectivity index (χ4v) is 1.85. The quantitative estimate of drug-likeness (QED) is 0.888. The van der Waals surface area contributed by atoms with Gasteiger partial charge < -0.3 is 9.73 Å². The van der Waals surface area contributed by atoms with Crippen molar-refractivity contribution in [3.63, 3.8) is 0 Å². The molecule has 0 aliphatic carbocycles. The Kier molecular flexibility index (Phi) is 3.27. The van der Waals surface area contributed by atoms with Gasteiger partial charge in [0.05, 0.1) is 23.6 Å². The monoisotopic (exact) mass is 239 g/mol. The van der Waals surface area contributed by atoms with Crippen LogP contribution in [0.25, 0.3) is 0 Å². The first-order valence-corrected chi connectivity index (χ1v) is 5.24. The largest absolute Gasteiger partial charge is 0.472 e. The van der Waals surface area contributed by atoms with Crippen LogP contribution in [0.1, 0.15) is 17.2 Å². The summed E-state index contributed by atoms with van der Waals surface area (Å²) in [6.45, 7) is 0. The van der Waals surface area contributed by atoms with E-state index in [1.165, 1.54) is 6.07 Å². The molecule has 0 aliphatic heterocycles. The first-order chi connectivity index (χ1) is 7.72. The third-order valence-electron chi connectivity index (χ3n) is 2.44. The van der Waals surface area contributed by atoms with Crippen LogP contribution in [-0.2, 0) is 0 Å². The fraction of sp³-hybridized carbons (Fsp3) is 0.167. The molecule has 16 heavy (non-hydrogen) atoms. The topological polar surface area (TPSA) is 25.2 Å². The van der Waals surface area contributed by atoms with E-state index in [0.717, 1.165) is 11.1 Å². The van der Waals surface area contributed by atoms with Gasteiger partial charge in [-0.2, -0.15) is 0 Å². The van der Waals surface area contributed by atoms with E-state index in [0.29, 0.717) is 0 Å². The maximum absolute atomic E-state index is 13.0. The van der Waals surface area contributed by atoms with Crippen LogP contribution in [0.3, 0.4) is 0 Å². The maximum Gasteiger partial charge on any atom is 0.141 e. The number of furan rings is 1. The van der Waals surface area contributed by atoms with Crippen LogP contribution in [0.15, 0.2) is 41.2 Å². The van der Waals surface area contributed by atoms with Crippen LogP contribution in [0.4, 0.5) is 4.39 Å². The number of halogens is 2. The van der Waals surface area contributed by atoms with Gasteiger partial charge in [0.2, 0.25) is 0 Å². The molecule has 1 aromatic carbocycles. The fourth-order valence-electron chi connectivity index (χ4n) is 1.66. The minimum atomic E-state index is -0.410. The molecule has 0 radical (unpaired) electrons. The summed E-state index contributed by atoms with van der Waals surface area (Å²) in [5.74, 6) is -0.410. The molecule has 0 saturated heterocycles. The molecule has 1 heterocycles. The van der Waals surface area contributed by atoms with Gasteiger partial charge in [-0.15, -0.1) is 0 Å². The summed E-state index contributed by atoms with van der Waals surface area (Å²) in [6.07, 6.45) is 3.25. The van der Waals surface area contributed by atoms with Gasteiger partial charge in [-0.05, 0) is 30.8 Å². The number of nitrogens with one attached hydrogen (secondary N) is 1. The average Bonchev–Trinajstić information content (AvgIpc) is 2.78. The van der Waals surface area contributed by atoms with Crippen molar-refractivity contribution in [1.29, 1.82) is 0 Å². The van der Waals surface area contributed by atoms with E-state index in [1.807, 2.05) is 13.1 Å². The summed E-state index contributed by atoms with van der Waals surface area (Å²) in [6, 6.07) is 6.50. The number of hydrogen-bond donors (Lipinski definition) is 1. The lowest BCUT2D eigenvalue weighted by molar-refractivity contribution is 0.557. The first kappa shape index (κ1) is 11.2. The number of rotatable bonds is 3. The van der Waals surface area contributed by atoms with Gasteiger partial charge >= 0.3 is 0 Å². The summed E-state index contributed by atoms with van der Waals surface area (Å²) in [7, 11) is 1.83. The summed E-state index contributed by atoms with van der Waals surface area (Å²) >= 11 is 5.75. The van der Waals surface area contributed by atoms with Crippen molar-refractivity contribution in [3.05, 3.63) is 58.8 Å². The zero-order chi connectivity index (χ0) is 11.5. The maximum atomic E-state index is 13.0. The van der Waals surface area contributed by atoms with E-state index in [4.69, 9.17) is 16.0 Å². The van der Waals surface area contributed by atoms with E-state index in [2.05, 4.69) is 5.32 Å². The molecule has 1 atom stereocenters. The summed E-state index contributed by atoms with van der Waals surface area (Å²) in [5, 5.41) is 3.25. The highest BCUT2D eigenvalue weighted by Crippen LogP contribution is 2.25. The summed E-state index contributed by atoms with van der Waals surface area (Å²) in [5.41, 5.74) is 1.88. The SMILES string of the molecule is CNC(c1ccoc1)c1ccc(F)c(Cl)c1. The molecule has 0 bridgehead atoms. The Morgan fingerprint density at radius 1 is 1.31 bits per heavy atom. The van der Waals surface area contributed by atoms with Gasteiger partial charge in [-0.1, -0.05) is 17.7 Å². The Morgan fingerprint density at radius 2 is 2.12 bits per heavy atom. The molecular weight excluding hydrogens is 229 g/mol. The third-order valence-corrected chi connectivity index (χ3v) is 2.73. The highest BCUT2D eigenvalue weighted by molar-refractivity contribution is 6.30. The second kappa shape index (κ2) is 4.68. The minimum absolute atomic E-state index is 0.0446. The predicted octanol–water partition coefficient (Wildman–Crippen LogP) is 3.38. The van der Waals surface area contributed by atoms with E-state index in [-0.39, 0.29) is 11.1 Å². The molecule has 4 heteroatoms. The lowest BCUT2D eigenvalue weighted by atomic mass is 10.0. The lowest BCUT2D eigenvalue weighted by Crippen LogP contribution is -2.17. The van der Waals surface area contributed by atoms with Crippen LogP contribution in [-0.4, -0.2) is 7.05 Å². The molecule has 2 rings (SSSR count). The van der Waals surface area contributed by atoms with Gasteiger partial charge in [0.15, 0.2) is 0 Å². The van der Waals surface area contributed by atoms with Crippen molar-refractivity contribution in [2.45, 2.75) is 6.04 Å². The lowest BCUT2D eigenvalue weighted by Gasteiger charge is -2.15. The molecule has 1 N–H and O–H groups in total. The molecule has 0 fully saturated rings. The second-order valence-electron chi connectivity index (χ2n) is 3.45. The van der Waals surface area contributed by atoms with Crippen molar-refractivity contribution in [2.24, 2.45) is 0 Å². The van der Waals surface area contributed by atoms with Crippen LogP contribution >= 0.6 is 11.6 Å². The van der Waals surface area contributed by atoms with Crippen LogP contribution in [0.2, 0.25) is 5.02 Å². The van der Waals surface area contributed by atoms with E-state index in [1.54, 1.807) is 24.7 Å². The van der Waals surface area contributed by atoms with E-state index >= 15 is 0 Å². The molecular formula is C12H11ClFNO. The van der Waals surface area contributed by atoms with Gasteiger partial charge in [0.1, 0.15) is 5.82 Å².